The molecule has 0 unspecified atom stereocenters. The minimum atomic E-state index is 0.856. The van der Waals surface area contributed by atoms with Crippen LogP contribution in [0.4, 0.5) is 5.69 Å². The van der Waals surface area contributed by atoms with Crippen LogP contribution in [0.2, 0.25) is 0 Å². The van der Waals surface area contributed by atoms with Gasteiger partial charge in [-0.25, -0.2) is 0 Å². The molecule has 2 heteroatoms. The third-order valence-electron chi connectivity index (χ3n) is 3.02. The van der Waals surface area contributed by atoms with Crippen molar-refractivity contribution in [2.24, 2.45) is 0 Å². The Bertz CT molecular complexity index is 329. The Balaban J connectivity index is 2.19. The summed E-state index contributed by atoms with van der Waals surface area (Å²) in [6.07, 6.45) is 1.12. The van der Waals surface area contributed by atoms with Gasteiger partial charge in [-0.3, -0.25) is 0 Å². The minimum Gasteiger partial charge on any atom is -0.378 e. The van der Waals surface area contributed by atoms with Crippen molar-refractivity contribution >= 4 is 5.69 Å². The summed E-state index contributed by atoms with van der Waals surface area (Å²) in [6, 6.07) is 6.78. The predicted octanol–water partition coefficient (Wildman–Crippen LogP) is 2.39. The second kappa shape index (κ2) is 4.67. The molecule has 82 valence electrons. The van der Waals surface area contributed by atoms with Crippen LogP contribution in [0.3, 0.4) is 0 Å². The molecule has 1 heterocycles. The first kappa shape index (κ1) is 10.5. The minimum absolute atomic E-state index is 0.856. The summed E-state index contributed by atoms with van der Waals surface area (Å²) in [6.45, 7) is 8.15. The Morgan fingerprint density at radius 3 is 2.60 bits per heavy atom. The molecule has 0 N–H and O–H groups in total. The number of morpholine rings is 1. The second-order valence-corrected chi connectivity index (χ2v) is 4.07. The fourth-order valence-corrected chi connectivity index (χ4v) is 2.10. The van der Waals surface area contributed by atoms with Crippen molar-refractivity contribution in [1.29, 1.82) is 0 Å². The third kappa shape index (κ3) is 2.32. The largest absolute Gasteiger partial charge is 0.378 e. The molecule has 1 aliphatic heterocycles. The van der Waals surface area contributed by atoms with E-state index in [4.69, 9.17) is 4.74 Å². The highest BCUT2D eigenvalue weighted by Crippen LogP contribution is 2.22. The highest BCUT2D eigenvalue weighted by molar-refractivity contribution is 5.54. The number of nitrogens with zero attached hydrogens (tertiary/aromatic N) is 1. The zero-order valence-corrected chi connectivity index (χ0v) is 9.62. The maximum absolute atomic E-state index is 5.36. The lowest BCUT2D eigenvalue weighted by Gasteiger charge is -2.30. The molecule has 2 nitrogen and oxygen atoms in total. The fourth-order valence-electron chi connectivity index (χ4n) is 2.10. The van der Waals surface area contributed by atoms with Crippen LogP contribution in [0, 0.1) is 6.92 Å². The lowest BCUT2D eigenvalue weighted by Crippen LogP contribution is -2.36. The van der Waals surface area contributed by atoms with E-state index >= 15 is 0 Å². The van der Waals surface area contributed by atoms with Crippen molar-refractivity contribution in [2.75, 3.05) is 31.2 Å². The molecule has 0 amide bonds. The number of benzene rings is 1. The molecule has 0 radical (unpaired) electrons. The summed E-state index contributed by atoms with van der Waals surface area (Å²) >= 11 is 0. The first-order valence-electron chi connectivity index (χ1n) is 5.73. The monoisotopic (exact) mass is 205 g/mol. The van der Waals surface area contributed by atoms with Crippen molar-refractivity contribution in [1.82, 2.24) is 0 Å². The predicted molar refractivity (Wildman–Crippen MR) is 63.6 cm³/mol. The second-order valence-electron chi connectivity index (χ2n) is 4.07. The van der Waals surface area contributed by atoms with E-state index in [9.17, 15) is 0 Å². The molecule has 0 bridgehead atoms. The van der Waals surface area contributed by atoms with Gasteiger partial charge in [0.05, 0.1) is 13.2 Å². The number of anilines is 1. The highest BCUT2D eigenvalue weighted by atomic mass is 16.5. The Morgan fingerprint density at radius 2 is 2.00 bits per heavy atom. The molecule has 1 aromatic carbocycles. The Morgan fingerprint density at radius 1 is 1.27 bits per heavy atom. The SMILES string of the molecule is CCc1ccc(N2CCOCC2)c(C)c1. The number of rotatable bonds is 2. The van der Waals surface area contributed by atoms with Gasteiger partial charge in [-0.05, 0) is 30.5 Å². The van der Waals surface area contributed by atoms with Gasteiger partial charge >= 0.3 is 0 Å². The van der Waals surface area contributed by atoms with Crippen molar-refractivity contribution in [3.8, 4) is 0 Å². The van der Waals surface area contributed by atoms with Crippen molar-refractivity contribution in [3.05, 3.63) is 29.3 Å². The van der Waals surface area contributed by atoms with E-state index in [1.54, 1.807) is 0 Å². The summed E-state index contributed by atoms with van der Waals surface area (Å²) in [4.78, 5) is 2.41. The highest BCUT2D eigenvalue weighted by Gasteiger charge is 2.12. The van der Waals surface area contributed by atoms with E-state index in [1.807, 2.05) is 0 Å². The molecular weight excluding hydrogens is 186 g/mol. The first-order valence-corrected chi connectivity index (χ1v) is 5.73. The van der Waals surface area contributed by atoms with E-state index in [0.717, 1.165) is 32.7 Å². The van der Waals surface area contributed by atoms with Crippen LogP contribution in [0.25, 0.3) is 0 Å². The smallest absolute Gasteiger partial charge is 0.0642 e. The zero-order valence-electron chi connectivity index (χ0n) is 9.62. The van der Waals surface area contributed by atoms with Crippen LogP contribution in [0.1, 0.15) is 18.1 Å². The number of aryl methyl sites for hydroxylation is 2. The van der Waals surface area contributed by atoms with Crippen LogP contribution in [-0.2, 0) is 11.2 Å². The molecule has 1 aromatic rings. The summed E-state index contributed by atoms with van der Waals surface area (Å²) in [5.41, 5.74) is 4.18. The standard InChI is InChI=1S/C13H19NO/c1-3-12-4-5-13(11(2)10-12)14-6-8-15-9-7-14/h4-5,10H,3,6-9H2,1-2H3. The van der Waals surface area contributed by atoms with E-state index in [-0.39, 0.29) is 0 Å². The van der Waals surface area contributed by atoms with Crippen LogP contribution in [0.15, 0.2) is 18.2 Å². The van der Waals surface area contributed by atoms with E-state index in [2.05, 4.69) is 36.9 Å². The van der Waals surface area contributed by atoms with Crippen LogP contribution < -0.4 is 4.90 Å². The molecule has 0 aliphatic carbocycles. The fraction of sp³-hybridized carbons (Fsp3) is 0.538. The maximum Gasteiger partial charge on any atom is 0.0642 e. The lowest BCUT2D eigenvalue weighted by molar-refractivity contribution is 0.122. The molecule has 0 spiro atoms. The molecule has 1 saturated heterocycles. The summed E-state index contributed by atoms with van der Waals surface area (Å²) in [5.74, 6) is 0. The van der Waals surface area contributed by atoms with Gasteiger partial charge in [-0.1, -0.05) is 19.1 Å². The molecule has 15 heavy (non-hydrogen) atoms. The molecule has 2 rings (SSSR count). The molecule has 0 aromatic heterocycles. The molecule has 0 saturated carbocycles. The lowest BCUT2D eigenvalue weighted by atomic mass is 10.1. The molecule has 0 atom stereocenters. The van der Waals surface area contributed by atoms with Gasteiger partial charge in [0.25, 0.3) is 0 Å². The summed E-state index contributed by atoms with van der Waals surface area (Å²) < 4.78 is 5.36. The zero-order chi connectivity index (χ0) is 10.7. The van der Waals surface area contributed by atoms with Gasteiger partial charge in [0.2, 0.25) is 0 Å². The molecule has 1 aliphatic rings. The molecule has 1 fully saturated rings. The Hall–Kier alpha value is -1.02. The summed E-state index contributed by atoms with van der Waals surface area (Å²) in [7, 11) is 0. The number of ether oxygens (including phenoxy) is 1. The van der Waals surface area contributed by atoms with Gasteiger partial charge in [0.1, 0.15) is 0 Å². The van der Waals surface area contributed by atoms with Gasteiger partial charge in [-0.15, -0.1) is 0 Å². The van der Waals surface area contributed by atoms with Crippen molar-refractivity contribution in [2.45, 2.75) is 20.3 Å². The van der Waals surface area contributed by atoms with Gasteiger partial charge in [-0.2, -0.15) is 0 Å². The summed E-state index contributed by atoms with van der Waals surface area (Å²) in [5, 5.41) is 0. The average Bonchev–Trinajstić information content (AvgIpc) is 2.30. The Kier molecular flexibility index (Phi) is 3.27. The first-order chi connectivity index (χ1) is 7.31. The van der Waals surface area contributed by atoms with Gasteiger partial charge in [0, 0.05) is 18.8 Å². The Labute approximate surface area is 91.9 Å². The van der Waals surface area contributed by atoms with Gasteiger partial charge < -0.3 is 9.64 Å². The van der Waals surface area contributed by atoms with E-state index in [1.165, 1.54) is 16.8 Å². The van der Waals surface area contributed by atoms with Crippen molar-refractivity contribution < 1.29 is 4.74 Å². The van der Waals surface area contributed by atoms with E-state index < -0.39 is 0 Å². The number of hydrogen-bond acceptors (Lipinski definition) is 2. The average molecular weight is 205 g/mol. The number of hydrogen-bond donors (Lipinski definition) is 0. The maximum atomic E-state index is 5.36. The third-order valence-corrected chi connectivity index (χ3v) is 3.02. The topological polar surface area (TPSA) is 12.5 Å². The van der Waals surface area contributed by atoms with Crippen LogP contribution >= 0.6 is 0 Å². The molecular formula is C13H19NO. The quantitative estimate of drug-likeness (QED) is 0.735. The van der Waals surface area contributed by atoms with E-state index in [0.29, 0.717) is 0 Å². The van der Waals surface area contributed by atoms with Crippen molar-refractivity contribution in [3.63, 3.8) is 0 Å². The van der Waals surface area contributed by atoms with Crippen LogP contribution in [0.5, 0.6) is 0 Å². The van der Waals surface area contributed by atoms with Crippen LogP contribution in [-0.4, -0.2) is 26.3 Å². The van der Waals surface area contributed by atoms with Gasteiger partial charge in [0.15, 0.2) is 0 Å². The normalized spacial score (nSPS) is 16.8.